The fourth-order valence-electron chi connectivity index (χ4n) is 9.07. The summed E-state index contributed by atoms with van der Waals surface area (Å²) in [5, 5.41) is 22.8. The lowest BCUT2D eigenvalue weighted by molar-refractivity contribution is -0.317. The summed E-state index contributed by atoms with van der Waals surface area (Å²) in [7, 11) is 4.97. The second-order valence-corrected chi connectivity index (χ2v) is 17.1. The highest BCUT2D eigenvalue weighted by Crippen LogP contribution is 2.48. The molecule has 3 fully saturated rings. The standard InChI is InChI=1S/C40H69NO12/c1-16-28-40(12,47-15)33(43)23(6)31-21(4)18-39(11,53-31)35(52-37-30(42)27(17-22(5)48-37)41(13)20(2)3)24(7)32(25(8)36(45)50-28)51-29-19-38(10,46-14)34(44)26(9)49-29/h20-22,24-30,32,34-35,37,42,44H,16-19H2,1-15H3/t21?,22?,24?,25?,26?,27?,28?,29-,30+,32?,34-,35+,37?,38?,39-,40?/m1/s1. The van der Waals surface area contributed by atoms with Crippen LogP contribution in [0.3, 0.4) is 0 Å². The van der Waals surface area contributed by atoms with Crippen LogP contribution in [0.25, 0.3) is 0 Å². The SMILES string of the molecule is CCC1OC(=O)C(C)C(O[C@@H]2CC(C)(OC)[C@H](O)C(C)O2)C(C)[C@H](OC2OC(C)CC(N(C)C(C)C)[C@@H]2O)[C@@]2(C)CC(C)C(=C(C)C(=O)C1(C)OC)O2. The monoisotopic (exact) mass is 755 g/mol. The molecule has 11 unspecified atom stereocenters. The molecule has 2 bridgehead atoms. The minimum absolute atomic E-state index is 0.165. The number of carbonyl (C=O) groups is 2. The van der Waals surface area contributed by atoms with Crippen molar-refractivity contribution >= 4 is 11.8 Å². The van der Waals surface area contributed by atoms with Crippen molar-refractivity contribution < 1.29 is 57.7 Å². The molecule has 4 aliphatic rings. The van der Waals surface area contributed by atoms with Crippen molar-refractivity contribution in [2.75, 3.05) is 21.3 Å². The number of rotatable bonds is 9. The van der Waals surface area contributed by atoms with Crippen LogP contribution in [-0.2, 0) is 47.5 Å². The second kappa shape index (κ2) is 16.8. The lowest BCUT2D eigenvalue weighted by Crippen LogP contribution is -2.61. The van der Waals surface area contributed by atoms with E-state index < -0.39 is 83.8 Å². The third-order valence-electron chi connectivity index (χ3n) is 12.8. The number of ether oxygens (including phenoxy) is 8. The van der Waals surface area contributed by atoms with E-state index in [0.29, 0.717) is 30.6 Å². The molecule has 306 valence electrons. The smallest absolute Gasteiger partial charge is 0.311 e. The molecule has 16 atom stereocenters. The Morgan fingerprint density at radius 2 is 1.60 bits per heavy atom. The van der Waals surface area contributed by atoms with E-state index in [1.54, 1.807) is 34.6 Å². The van der Waals surface area contributed by atoms with Crippen molar-refractivity contribution in [3.8, 4) is 0 Å². The number of hydrogen-bond donors (Lipinski definition) is 2. The van der Waals surface area contributed by atoms with E-state index in [-0.39, 0.29) is 36.3 Å². The summed E-state index contributed by atoms with van der Waals surface area (Å²) in [6.45, 7) is 22.5. The van der Waals surface area contributed by atoms with E-state index >= 15 is 0 Å². The van der Waals surface area contributed by atoms with Crippen LogP contribution in [0.4, 0.5) is 0 Å². The Hall–Kier alpha value is -1.68. The molecule has 0 aromatic carbocycles. The van der Waals surface area contributed by atoms with E-state index in [1.807, 2.05) is 41.7 Å². The molecule has 0 aromatic heterocycles. The molecule has 0 spiro atoms. The van der Waals surface area contributed by atoms with Gasteiger partial charge in [0.1, 0.15) is 35.8 Å². The number of fused-ring (bicyclic) bond motifs is 2. The molecular formula is C40H69NO12. The molecule has 0 amide bonds. The van der Waals surface area contributed by atoms with Gasteiger partial charge in [0.25, 0.3) is 0 Å². The van der Waals surface area contributed by atoms with Crippen molar-refractivity contribution in [1.82, 2.24) is 4.90 Å². The van der Waals surface area contributed by atoms with Crippen LogP contribution in [0, 0.1) is 17.8 Å². The highest BCUT2D eigenvalue weighted by molar-refractivity contribution is 6.02. The molecule has 2 N–H and O–H groups in total. The molecule has 13 heteroatoms. The van der Waals surface area contributed by atoms with Gasteiger partial charge in [0.05, 0.1) is 29.8 Å². The largest absolute Gasteiger partial charge is 0.488 e. The summed E-state index contributed by atoms with van der Waals surface area (Å²) in [5.41, 5.74) is -3.16. The molecule has 3 saturated heterocycles. The Labute approximate surface area is 317 Å². The zero-order valence-electron chi connectivity index (χ0n) is 34.8. The first kappa shape index (κ1) is 44.0. The topological polar surface area (TPSA) is 152 Å². The first-order valence-electron chi connectivity index (χ1n) is 19.5. The van der Waals surface area contributed by atoms with Gasteiger partial charge in [-0.2, -0.15) is 0 Å². The number of hydrogen-bond acceptors (Lipinski definition) is 13. The number of ketones is 1. The number of carbonyl (C=O) groups excluding carboxylic acids is 2. The molecule has 4 rings (SSSR count). The van der Waals surface area contributed by atoms with Gasteiger partial charge >= 0.3 is 5.97 Å². The maximum atomic E-state index is 14.3. The summed E-state index contributed by atoms with van der Waals surface area (Å²) < 4.78 is 51.1. The van der Waals surface area contributed by atoms with Crippen LogP contribution in [0.2, 0.25) is 0 Å². The van der Waals surface area contributed by atoms with Gasteiger partial charge in [0.15, 0.2) is 24.0 Å². The molecule has 4 heterocycles. The van der Waals surface area contributed by atoms with Crippen molar-refractivity contribution in [1.29, 1.82) is 0 Å². The van der Waals surface area contributed by atoms with Gasteiger partial charge in [-0.3, -0.25) is 14.5 Å². The Morgan fingerprint density at radius 3 is 2.17 bits per heavy atom. The van der Waals surface area contributed by atoms with Crippen LogP contribution < -0.4 is 0 Å². The fourth-order valence-corrected chi connectivity index (χ4v) is 9.07. The quantitative estimate of drug-likeness (QED) is 0.318. The molecule has 0 aromatic rings. The summed E-state index contributed by atoms with van der Waals surface area (Å²) in [5.74, 6) is -2.11. The second-order valence-electron chi connectivity index (χ2n) is 17.1. The van der Waals surface area contributed by atoms with Gasteiger partial charge < -0.3 is 48.1 Å². The first-order chi connectivity index (χ1) is 24.6. The molecule has 0 radical (unpaired) electrons. The lowest BCUT2D eigenvalue weighted by Gasteiger charge is -2.49. The summed E-state index contributed by atoms with van der Waals surface area (Å²) in [6.07, 6.45) is -5.77. The Bertz CT molecular complexity index is 1330. The number of nitrogens with zero attached hydrogens (tertiary/aromatic N) is 1. The molecule has 4 aliphatic heterocycles. The number of esters is 1. The van der Waals surface area contributed by atoms with Gasteiger partial charge in [-0.15, -0.1) is 0 Å². The zero-order valence-corrected chi connectivity index (χ0v) is 34.8. The maximum absolute atomic E-state index is 14.3. The minimum atomic E-state index is -1.50. The van der Waals surface area contributed by atoms with E-state index in [1.165, 1.54) is 14.2 Å². The number of aliphatic hydroxyl groups excluding tert-OH is 2. The van der Waals surface area contributed by atoms with Crippen LogP contribution in [0.15, 0.2) is 11.3 Å². The average molecular weight is 756 g/mol. The van der Waals surface area contributed by atoms with Gasteiger partial charge in [-0.05, 0) is 88.6 Å². The van der Waals surface area contributed by atoms with Gasteiger partial charge in [0.2, 0.25) is 0 Å². The average Bonchev–Trinajstić information content (AvgIpc) is 3.43. The number of aliphatic hydroxyl groups is 2. The number of allylic oxidation sites excluding steroid dienone is 1. The molecule has 0 aliphatic carbocycles. The van der Waals surface area contributed by atoms with E-state index in [2.05, 4.69) is 18.7 Å². The predicted octanol–water partition coefficient (Wildman–Crippen LogP) is 4.53. The molecular weight excluding hydrogens is 686 g/mol. The number of methoxy groups -OCH3 is 2. The summed E-state index contributed by atoms with van der Waals surface area (Å²) in [6, 6.07) is -0.0765. The normalized spacial score (nSPS) is 46.1. The highest BCUT2D eigenvalue weighted by Gasteiger charge is 2.56. The molecule has 53 heavy (non-hydrogen) atoms. The zero-order chi connectivity index (χ0) is 40.0. The minimum Gasteiger partial charge on any atom is -0.488 e. The number of likely N-dealkylation sites (N-methyl/N-ethyl adjacent to an activating group) is 1. The van der Waals surface area contributed by atoms with Crippen molar-refractivity contribution in [2.45, 2.75) is 193 Å². The number of Topliss-reactive ketones (excluding diaryl/α,β-unsaturated/α-hetero) is 1. The van der Waals surface area contributed by atoms with Crippen molar-refractivity contribution in [2.24, 2.45) is 17.8 Å². The van der Waals surface area contributed by atoms with Gasteiger partial charge in [-0.25, -0.2) is 0 Å². The third-order valence-corrected chi connectivity index (χ3v) is 12.8. The fraction of sp³-hybridized carbons (Fsp3) is 0.900. The summed E-state index contributed by atoms with van der Waals surface area (Å²) in [4.78, 5) is 30.8. The lowest BCUT2D eigenvalue weighted by atomic mass is 9.78. The maximum Gasteiger partial charge on any atom is 0.311 e. The van der Waals surface area contributed by atoms with Crippen molar-refractivity contribution in [3.05, 3.63) is 11.3 Å². The van der Waals surface area contributed by atoms with Crippen LogP contribution in [0.5, 0.6) is 0 Å². The predicted molar refractivity (Wildman–Crippen MR) is 197 cm³/mol. The van der Waals surface area contributed by atoms with Crippen molar-refractivity contribution in [3.63, 3.8) is 0 Å². The Balaban J connectivity index is 1.88. The first-order valence-corrected chi connectivity index (χ1v) is 19.5. The van der Waals surface area contributed by atoms with Crippen LogP contribution >= 0.6 is 0 Å². The molecule has 0 saturated carbocycles. The van der Waals surface area contributed by atoms with E-state index in [4.69, 9.17) is 37.9 Å². The summed E-state index contributed by atoms with van der Waals surface area (Å²) >= 11 is 0. The Morgan fingerprint density at radius 1 is 0.962 bits per heavy atom. The van der Waals surface area contributed by atoms with Gasteiger partial charge in [0, 0.05) is 50.1 Å². The van der Waals surface area contributed by atoms with E-state index in [9.17, 15) is 19.8 Å². The van der Waals surface area contributed by atoms with E-state index in [0.717, 1.165) is 0 Å². The molecule has 13 nitrogen and oxygen atoms in total. The third kappa shape index (κ3) is 8.54. The number of cyclic esters (lactones) is 1. The highest BCUT2D eigenvalue weighted by atomic mass is 16.7. The van der Waals surface area contributed by atoms with Gasteiger partial charge in [-0.1, -0.05) is 20.8 Å². The van der Waals surface area contributed by atoms with Crippen LogP contribution in [-0.4, -0.2) is 132 Å². The Kier molecular flexibility index (Phi) is 14.0. The van der Waals surface area contributed by atoms with Crippen LogP contribution in [0.1, 0.15) is 109 Å².